The van der Waals surface area contributed by atoms with Crippen molar-refractivity contribution in [3.8, 4) is 0 Å². The molecule has 0 aliphatic heterocycles. The number of rotatable bonds is 6. The minimum Gasteiger partial charge on any atom is -0.395 e. The summed E-state index contributed by atoms with van der Waals surface area (Å²) in [6, 6.07) is 11.4. The molecule has 1 aliphatic carbocycles. The first kappa shape index (κ1) is 13.6. The second-order valence-electron chi connectivity index (χ2n) is 5.41. The lowest BCUT2D eigenvalue weighted by Crippen LogP contribution is -2.41. The van der Waals surface area contributed by atoms with Gasteiger partial charge in [0.05, 0.1) is 6.61 Å². The standard InChI is InChI=1S/C16H25NO/c18-13-16(17-15-9-5-2-6-10-15)12-11-14-7-3-1-4-8-14/h1,3-4,7-8,15-18H,2,5-6,9-13H2. The molecule has 1 saturated carbocycles. The van der Waals surface area contributed by atoms with E-state index >= 15 is 0 Å². The van der Waals surface area contributed by atoms with Crippen LogP contribution in [0.2, 0.25) is 0 Å². The number of benzene rings is 1. The van der Waals surface area contributed by atoms with Crippen molar-refractivity contribution in [2.45, 2.75) is 57.0 Å². The van der Waals surface area contributed by atoms with Gasteiger partial charge in [0.15, 0.2) is 0 Å². The minimum absolute atomic E-state index is 0.253. The summed E-state index contributed by atoms with van der Waals surface area (Å²) in [5.74, 6) is 0. The average Bonchev–Trinajstić information content (AvgIpc) is 2.45. The highest BCUT2D eigenvalue weighted by molar-refractivity contribution is 5.14. The maximum Gasteiger partial charge on any atom is 0.0584 e. The molecule has 1 aromatic carbocycles. The summed E-state index contributed by atoms with van der Waals surface area (Å²) in [6.07, 6.45) is 8.70. The lowest BCUT2D eigenvalue weighted by atomic mass is 9.94. The molecule has 2 N–H and O–H groups in total. The molecule has 2 heteroatoms. The number of hydrogen-bond donors (Lipinski definition) is 2. The molecule has 0 aromatic heterocycles. The Bertz CT molecular complexity index is 319. The third kappa shape index (κ3) is 4.43. The van der Waals surface area contributed by atoms with Crippen LogP contribution in [-0.4, -0.2) is 23.8 Å². The van der Waals surface area contributed by atoms with E-state index in [1.54, 1.807) is 0 Å². The van der Waals surface area contributed by atoms with Gasteiger partial charge >= 0.3 is 0 Å². The van der Waals surface area contributed by atoms with E-state index in [2.05, 4.69) is 29.6 Å². The second-order valence-corrected chi connectivity index (χ2v) is 5.41. The van der Waals surface area contributed by atoms with Crippen LogP contribution in [0.1, 0.15) is 44.1 Å². The lowest BCUT2D eigenvalue weighted by molar-refractivity contribution is 0.212. The summed E-state index contributed by atoms with van der Waals surface area (Å²) in [7, 11) is 0. The number of aliphatic hydroxyl groups excluding tert-OH is 1. The lowest BCUT2D eigenvalue weighted by Gasteiger charge is -2.27. The van der Waals surface area contributed by atoms with Crippen LogP contribution in [-0.2, 0) is 6.42 Å². The third-order valence-electron chi connectivity index (χ3n) is 3.92. The molecule has 0 radical (unpaired) electrons. The van der Waals surface area contributed by atoms with E-state index in [0.717, 1.165) is 12.8 Å². The molecule has 1 atom stereocenters. The third-order valence-corrected chi connectivity index (χ3v) is 3.92. The second kappa shape index (κ2) is 7.55. The van der Waals surface area contributed by atoms with Crippen molar-refractivity contribution in [1.29, 1.82) is 0 Å². The van der Waals surface area contributed by atoms with Crippen molar-refractivity contribution in [3.63, 3.8) is 0 Å². The van der Waals surface area contributed by atoms with Gasteiger partial charge in [-0.05, 0) is 31.2 Å². The Morgan fingerprint density at radius 3 is 2.50 bits per heavy atom. The normalized spacial score (nSPS) is 18.7. The Morgan fingerprint density at radius 2 is 1.83 bits per heavy atom. The molecule has 1 aromatic rings. The molecule has 2 nitrogen and oxygen atoms in total. The van der Waals surface area contributed by atoms with Crippen molar-refractivity contribution in [2.75, 3.05) is 6.61 Å². The van der Waals surface area contributed by atoms with Crippen LogP contribution in [0.15, 0.2) is 30.3 Å². The van der Waals surface area contributed by atoms with Gasteiger partial charge in [-0.15, -0.1) is 0 Å². The Hall–Kier alpha value is -0.860. The summed E-state index contributed by atoms with van der Waals surface area (Å²) in [5.41, 5.74) is 1.36. The topological polar surface area (TPSA) is 32.3 Å². The maximum atomic E-state index is 9.47. The van der Waals surface area contributed by atoms with Crippen molar-refractivity contribution in [1.82, 2.24) is 5.32 Å². The van der Waals surface area contributed by atoms with Crippen LogP contribution < -0.4 is 5.32 Å². The monoisotopic (exact) mass is 247 g/mol. The van der Waals surface area contributed by atoms with E-state index in [9.17, 15) is 5.11 Å². The van der Waals surface area contributed by atoms with Crippen LogP contribution in [0.3, 0.4) is 0 Å². The van der Waals surface area contributed by atoms with Crippen molar-refractivity contribution in [3.05, 3.63) is 35.9 Å². The van der Waals surface area contributed by atoms with Gasteiger partial charge < -0.3 is 10.4 Å². The van der Waals surface area contributed by atoms with Gasteiger partial charge in [0, 0.05) is 12.1 Å². The van der Waals surface area contributed by atoms with Gasteiger partial charge in [0.1, 0.15) is 0 Å². The molecule has 1 unspecified atom stereocenters. The van der Waals surface area contributed by atoms with Crippen LogP contribution >= 0.6 is 0 Å². The fourth-order valence-electron chi connectivity index (χ4n) is 2.82. The van der Waals surface area contributed by atoms with E-state index in [-0.39, 0.29) is 12.6 Å². The first-order valence-electron chi connectivity index (χ1n) is 7.29. The molecule has 1 fully saturated rings. The first-order chi connectivity index (χ1) is 8.88. The first-order valence-corrected chi connectivity index (χ1v) is 7.29. The Balaban J connectivity index is 1.74. The summed E-state index contributed by atoms with van der Waals surface area (Å²) in [5, 5.41) is 13.1. The van der Waals surface area contributed by atoms with Gasteiger partial charge in [-0.1, -0.05) is 49.6 Å². The largest absolute Gasteiger partial charge is 0.395 e. The van der Waals surface area contributed by atoms with Crippen LogP contribution in [0, 0.1) is 0 Å². The summed E-state index contributed by atoms with van der Waals surface area (Å²) in [4.78, 5) is 0. The molecule has 0 spiro atoms. The smallest absolute Gasteiger partial charge is 0.0584 e. The minimum atomic E-state index is 0.253. The molecule has 0 amide bonds. The van der Waals surface area contributed by atoms with E-state index in [1.165, 1.54) is 37.7 Å². The number of hydrogen-bond acceptors (Lipinski definition) is 2. The Labute approximate surface area is 110 Å². The fourth-order valence-corrected chi connectivity index (χ4v) is 2.82. The molecule has 0 heterocycles. The van der Waals surface area contributed by atoms with Gasteiger partial charge in [-0.25, -0.2) is 0 Å². The maximum absolute atomic E-state index is 9.47. The fraction of sp³-hybridized carbons (Fsp3) is 0.625. The Kier molecular flexibility index (Phi) is 5.69. The van der Waals surface area contributed by atoms with E-state index in [4.69, 9.17) is 0 Å². The van der Waals surface area contributed by atoms with Crippen molar-refractivity contribution in [2.24, 2.45) is 0 Å². The van der Waals surface area contributed by atoms with E-state index in [0.29, 0.717) is 6.04 Å². The number of aliphatic hydroxyl groups is 1. The molecule has 1 aliphatic rings. The van der Waals surface area contributed by atoms with E-state index < -0.39 is 0 Å². The number of nitrogens with one attached hydrogen (secondary N) is 1. The van der Waals surface area contributed by atoms with Crippen LogP contribution in [0.25, 0.3) is 0 Å². The zero-order chi connectivity index (χ0) is 12.6. The number of aryl methyl sites for hydroxylation is 1. The highest BCUT2D eigenvalue weighted by Gasteiger charge is 2.17. The molecule has 2 rings (SSSR count). The molecular weight excluding hydrogens is 222 g/mol. The van der Waals surface area contributed by atoms with Crippen molar-refractivity contribution < 1.29 is 5.11 Å². The SMILES string of the molecule is OCC(CCc1ccccc1)NC1CCCCC1. The highest BCUT2D eigenvalue weighted by atomic mass is 16.3. The molecule has 18 heavy (non-hydrogen) atoms. The van der Waals surface area contributed by atoms with Crippen LogP contribution in [0.5, 0.6) is 0 Å². The summed E-state index contributed by atoms with van der Waals surface area (Å²) >= 11 is 0. The molecule has 0 saturated heterocycles. The van der Waals surface area contributed by atoms with Gasteiger partial charge in [-0.3, -0.25) is 0 Å². The van der Waals surface area contributed by atoms with E-state index in [1.807, 2.05) is 6.07 Å². The predicted octanol–water partition coefficient (Wildman–Crippen LogP) is 2.90. The van der Waals surface area contributed by atoms with Gasteiger partial charge in [0.2, 0.25) is 0 Å². The van der Waals surface area contributed by atoms with Crippen LogP contribution in [0.4, 0.5) is 0 Å². The molecule has 0 bridgehead atoms. The summed E-state index contributed by atoms with van der Waals surface area (Å²) in [6.45, 7) is 0.253. The Morgan fingerprint density at radius 1 is 1.11 bits per heavy atom. The average molecular weight is 247 g/mol. The van der Waals surface area contributed by atoms with Gasteiger partial charge in [0.25, 0.3) is 0 Å². The highest BCUT2D eigenvalue weighted by Crippen LogP contribution is 2.18. The summed E-state index contributed by atoms with van der Waals surface area (Å²) < 4.78 is 0. The molecular formula is C16H25NO. The van der Waals surface area contributed by atoms with Crippen molar-refractivity contribution >= 4 is 0 Å². The quantitative estimate of drug-likeness (QED) is 0.810. The zero-order valence-electron chi connectivity index (χ0n) is 11.1. The molecule has 100 valence electrons. The van der Waals surface area contributed by atoms with Gasteiger partial charge in [-0.2, -0.15) is 0 Å². The zero-order valence-corrected chi connectivity index (χ0v) is 11.1. The predicted molar refractivity (Wildman–Crippen MR) is 75.6 cm³/mol.